The Morgan fingerprint density at radius 3 is 3.00 bits per heavy atom. The van der Waals surface area contributed by atoms with Crippen molar-refractivity contribution in [2.45, 2.75) is 25.3 Å². The Kier molecular flexibility index (Phi) is 3.19. The highest BCUT2D eigenvalue weighted by atomic mass is 16.6. The minimum atomic E-state index is -0.427. The molecule has 0 saturated heterocycles. The van der Waals surface area contributed by atoms with Crippen LogP contribution in [0.3, 0.4) is 0 Å². The molecule has 88 valence electrons. The molecule has 1 aliphatic carbocycles. The van der Waals surface area contributed by atoms with Gasteiger partial charge in [-0.1, -0.05) is 0 Å². The molecule has 1 aliphatic rings. The molecule has 6 heteroatoms. The van der Waals surface area contributed by atoms with Gasteiger partial charge in [-0.25, -0.2) is 0 Å². The standard InChI is InChI=1S/C11H12N4O2/c12-5-1-7-14(9-2-3-9)10-4-6-13-8-11(10)15(16)17/h4,6,8-9H,1-3,7H2. The van der Waals surface area contributed by atoms with Crippen LogP contribution in [0, 0.1) is 21.4 Å². The van der Waals surface area contributed by atoms with Crippen molar-refractivity contribution < 1.29 is 4.92 Å². The number of nitrogens with zero attached hydrogens (tertiary/aromatic N) is 4. The van der Waals surface area contributed by atoms with Crippen LogP contribution < -0.4 is 4.90 Å². The Morgan fingerprint density at radius 2 is 2.41 bits per heavy atom. The van der Waals surface area contributed by atoms with Crippen molar-refractivity contribution in [2.24, 2.45) is 0 Å². The molecule has 0 bridgehead atoms. The number of hydrogen-bond acceptors (Lipinski definition) is 5. The molecule has 1 aromatic heterocycles. The van der Waals surface area contributed by atoms with Crippen molar-refractivity contribution in [1.29, 1.82) is 5.26 Å². The van der Waals surface area contributed by atoms with E-state index in [-0.39, 0.29) is 5.69 Å². The highest BCUT2D eigenvalue weighted by Gasteiger charge is 2.32. The third kappa shape index (κ3) is 2.50. The summed E-state index contributed by atoms with van der Waals surface area (Å²) in [6.07, 6.45) is 5.24. The van der Waals surface area contributed by atoms with Gasteiger partial charge in [0.1, 0.15) is 11.9 Å². The molecule has 0 spiro atoms. The molecule has 0 aromatic carbocycles. The second-order valence-electron chi connectivity index (χ2n) is 3.95. The van der Waals surface area contributed by atoms with Gasteiger partial charge in [-0.3, -0.25) is 15.1 Å². The normalized spacial score (nSPS) is 14.1. The third-order valence-corrected chi connectivity index (χ3v) is 2.74. The third-order valence-electron chi connectivity index (χ3n) is 2.74. The number of nitriles is 1. The van der Waals surface area contributed by atoms with Gasteiger partial charge in [0.2, 0.25) is 0 Å². The van der Waals surface area contributed by atoms with Gasteiger partial charge in [-0.15, -0.1) is 0 Å². The number of pyridine rings is 1. The average molecular weight is 232 g/mol. The summed E-state index contributed by atoms with van der Waals surface area (Å²) < 4.78 is 0. The Hall–Kier alpha value is -2.16. The van der Waals surface area contributed by atoms with E-state index in [4.69, 9.17) is 5.26 Å². The van der Waals surface area contributed by atoms with E-state index in [1.165, 1.54) is 6.20 Å². The molecule has 0 radical (unpaired) electrons. The zero-order valence-electron chi connectivity index (χ0n) is 9.24. The van der Waals surface area contributed by atoms with Crippen LogP contribution in [0.1, 0.15) is 19.3 Å². The number of anilines is 1. The van der Waals surface area contributed by atoms with E-state index >= 15 is 0 Å². The van der Waals surface area contributed by atoms with E-state index in [9.17, 15) is 10.1 Å². The quantitative estimate of drug-likeness (QED) is 0.571. The van der Waals surface area contributed by atoms with Gasteiger partial charge >= 0.3 is 5.69 Å². The largest absolute Gasteiger partial charge is 0.362 e. The Balaban J connectivity index is 2.29. The van der Waals surface area contributed by atoms with E-state index < -0.39 is 4.92 Å². The summed E-state index contributed by atoms with van der Waals surface area (Å²) in [6, 6.07) is 4.06. The molecule has 0 N–H and O–H groups in total. The first-order valence-corrected chi connectivity index (χ1v) is 5.46. The molecule has 17 heavy (non-hydrogen) atoms. The highest BCUT2D eigenvalue weighted by Crippen LogP contribution is 2.36. The lowest BCUT2D eigenvalue weighted by atomic mass is 10.2. The van der Waals surface area contributed by atoms with Crippen LogP contribution in [0.25, 0.3) is 0 Å². The van der Waals surface area contributed by atoms with Crippen molar-refractivity contribution in [2.75, 3.05) is 11.4 Å². The topological polar surface area (TPSA) is 83.1 Å². The van der Waals surface area contributed by atoms with Gasteiger partial charge in [0, 0.05) is 18.8 Å². The maximum atomic E-state index is 10.9. The molecule has 6 nitrogen and oxygen atoms in total. The monoisotopic (exact) mass is 232 g/mol. The predicted molar refractivity (Wildman–Crippen MR) is 61.5 cm³/mol. The van der Waals surface area contributed by atoms with Crippen LogP contribution in [-0.4, -0.2) is 22.5 Å². The summed E-state index contributed by atoms with van der Waals surface area (Å²) in [5, 5.41) is 19.5. The maximum absolute atomic E-state index is 10.9. The van der Waals surface area contributed by atoms with E-state index in [1.54, 1.807) is 12.3 Å². The average Bonchev–Trinajstić information content (AvgIpc) is 3.14. The van der Waals surface area contributed by atoms with Crippen molar-refractivity contribution in [3.63, 3.8) is 0 Å². The zero-order valence-corrected chi connectivity index (χ0v) is 9.24. The fraction of sp³-hybridized carbons (Fsp3) is 0.455. The lowest BCUT2D eigenvalue weighted by Gasteiger charge is -2.22. The first kappa shape index (κ1) is 11.3. The van der Waals surface area contributed by atoms with Crippen molar-refractivity contribution >= 4 is 11.4 Å². The van der Waals surface area contributed by atoms with Crippen LogP contribution >= 0.6 is 0 Å². The Morgan fingerprint density at radius 1 is 1.65 bits per heavy atom. The molecule has 1 heterocycles. The van der Waals surface area contributed by atoms with Crippen LogP contribution in [0.15, 0.2) is 18.5 Å². The van der Waals surface area contributed by atoms with E-state index in [2.05, 4.69) is 11.1 Å². The second-order valence-corrected chi connectivity index (χ2v) is 3.95. The minimum absolute atomic E-state index is 0.0114. The smallest absolute Gasteiger partial charge is 0.310 e. The fourth-order valence-electron chi connectivity index (χ4n) is 1.82. The molecule has 0 unspecified atom stereocenters. The van der Waals surface area contributed by atoms with Crippen molar-refractivity contribution in [3.05, 3.63) is 28.6 Å². The molecule has 1 fully saturated rings. The summed E-state index contributed by atoms with van der Waals surface area (Å²) in [5.41, 5.74) is 0.583. The SMILES string of the molecule is N#CCCN(c1ccncc1[N+](=O)[O-])C1CC1. The summed E-state index contributed by atoms with van der Waals surface area (Å²) in [5.74, 6) is 0. The molecule has 0 atom stereocenters. The van der Waals surface area contributed by atoms with Crippen LogP contribution in [-0.2, 0) is 0 Å². The summed E-state index contributed by atoms with van der Waals surface area (Å²) in [6.45, 7) is 0.534. The Bertz CT molecular complexity index is 465. The summed E-state index contributed by atoms with van der Waals surface area (Å²) in [7, 11) is 0. The number of nitro groups is 1. The Labute approximate surface area is 98.6 Å². The van der Waals surface area contributed by atoms with Gasteiger partial charge in [-0.05, 0) is 18.9 Å². The molecule has 1 saturated carbocycles. The first-order valence-electron chi connectivity index (χ1n) is 5.46. The number of rotatable bonds is 5. The number of aromatic nitrogens is 1. The lowest BCUT2D eigenvalue weighted by molar-refractivity contribution is -0.384. The fourth-order valence-corrected chi connectivity index (χ4v) is 1.82. The van der Waals surface area contributed by atoms with Crippen LogP contribution in [0.5, 0.6) is 0 Å². The molecular weight excluding hydrogens is 220 g/mol. The van der Waals surface area contributed by atoms with Gasteiger partial charge in [-0.2, -0.15) is 5.26 Å². The van der Waals surface area contributed by atoms with E-state index in [0.717, 1.165) is 12.8 Å². The molecule has 1 aromatic rings. The van der Waals surface area contributed by atoms with Crippen LogP contribution in [0.4, 0.5) is 11.4 Å². The van der Waals surface area contributed by atoms with Gasteiger partial charge in [0.05, 0.1) is 17.4 Å². The van der Waals surface area contributed by atoms with Gasteiger partial charge in [0.15, 0.2) is 0 Å². The molecule has 0 amide bonds. The second kappa shape index (κ2) is 4.78. The van der Waals surface area contributed by atoms with Crippen molar-refractivity contribution in [1.82, 2.24) is 4.98 Å². The predicted octanol–water partition coefficient (Wildman–Crippen LogP) is 1.87. The lowest BCUT2D eigenvalue weighted by Crippen LogP contribution is -2.27. The van der Waals surface area contributed by atoms with E-state index in [0.29, 0.717) is 24.7 Å². The molecule has 0 aliphatic heterocycles. The molecule has 2 rings (SSSR count). The minimum Gasteiger partial charge on any atom is -0.362 e. The number of hydrogen-bond donors (Lipinski definition) is 0. The first-order chi connectivity index (χ1) is 8.24. The molecular formula is C11H12N4O2. The highest BCUT2D eigenvalue weighted by molar-refractivity contribution is 5.62. The zero-order chi connectivity index (χ0) is 12.3. The van der Waals surface area contributed by atoms with E-state index in [1.807, 2.05) is 4.90 Å². The van der Waals surface area contributed by atoms with Gasteiger partial charge < -0.3 is 4.90 Å². The van der Waals surface area contributed by atoms with Crippen molar-refractivity contribution in [3.8, 4) is 6.07 Å². The summed E-state index contributed by atoms with van der Waals surface area (Å²) >= 11 is 0. The maximum Gasteiger partial charge on any atom is 0.310 e. The van der Waals surface area contributed by atoms with Gasteiger partial charge in [0.25, 0.3) is 0 Å². The van der Waals surface area contributed by atoms with Crippen LogP contribution in [0.2, 0.25) is 0 Å². The summed E-state index contributed by atoms with van der Waals surface area (Å²) in [4.78, 5) is 16.2.